The smallest absolute Gasteiger partial charge is 0.907 e. The maximum absolute atomic E-state index is 8.42. The molecule has 0 aromatic carbocycles. The molecule has 0 bridgehead atoms. The maximum atomic E-state index is 8.42. The molecule has 0 spiro atoms. The second kappa shape index (κ2) is 76.8. The number of hydrogen-bond donors (Lipinski definition) is 0. The molecule has 0 saturated carbocycles. The Bertz CT molecular complexity index is 144. The summed E-state index contributed by atoms with van der Waals surface area (Å²) in [6.07, 6.45) is 0. The van der Waals surface area contributed by atoms with Crippen LogP contribution in [-0.4, -0.2) is 130 Å². The Morgan fingerprint density at radius 3 is 0.176 bits per heavy atom. The first-order valence-electron chi connectivity index (χ1n) is 4.95. The van der Waals surface area contributed by atoms with Gasteiger partial charge in [0.2, 0.25) is 0 Å². The van der Waals surface area contributed by atoms with E-state index in [1.54, 1.807) is 0 Å². The van der Waals surface area contributed by atoms with Crippen LogP contribution in [-0.2, 0) is 65.2 Å². The first-order chi connectivity index (χ1) is 12.1. The molecule has 0 aromatic rings. The molecule has 0 aliphatic rings. The van der Waals surface area contributed by atoms with Crippen LogP contribution in [0.3, 0.4) is 0 Å². The minimum absolute atomic E-state index is 0. The number of rotatable bonds is 0. The van der Waals surface area contributed by atoms with Crippen LogP contribution in [0.25, 0.3) is 0 Å². The van der Waals surface area contributed by atoms with Gasteiger partial charge in [0.1, 0.15) is 0 Å². The predicted octanol–water partition coefficient (Wildman–Crippen LogP) is -28.8. The minimum Gasteiger partial charge on any atom is -0.907 e. The van der Waals surface area contributed by atoms with Crippen molar-refractivity contribution in [3.63, 3.8) is 0 Å². The van der Waals surface area contributed by atoms with Gasteiger partial charge in [0.05, 0.1) is 0 Å². The summed E-state index contributed by atoms with van der Waals surface area (Å²) in [5.41, 5.74) is 0. The average Bonchev–Trinajstić information content (AvgIpc) is 2.20. The van der Waals surface area contributed by atoms with E-state index in [1.165, 1.54) is 0 Å². The van der Waals surface area contributed by atoms with Crippen molar-refractivity contribution in [2.75, 3.05) is 0 Å². The third kappa shape index (κ3) is 2350. The van der Waals surface area contributed by atoms with E-state index in [0.717, 1.165) is 0 Å². The summed E-state index contributed by atoms with van der Waals surface area (Å²) in [6.45, 7) is 0. The van der Waals surface area contributed by atoms with Crippen molar-refractivity contribution in [1.82, 2.24) is 0 Å². The van der Waals surface area contributed by atoms with Gasteiger partial charge in [-0.15, -0.1) is 0 Å². The van der Waals surface area contributed by atoms with Gasteiger partial charge < -0.3 is 106 Å². The third-order valence-corrected chi connectivity index (χ3v) is 0. The Balaban J connectivity index is -0.0000000134. The summed E-state index contributed by atoms with van der Waals surface area (Å²) in [4.78, 5) is 0. The standard InChI is InChI=1S/7BO3.3Bi.3Ti/c7*2-1(3)4;;;;;;/q7*-3;3*+3;3*+4. The van der Waals surface area contributed by atoms with E-state index in [2.05, 4.69) is 0 Å². The monoisotopic (exact) mass is 1180 g/mol. The Labute approximate surface area is 296 Å². The molecule has 0 N–H and O–H groups in total. The van der Waals surface area contributed by atoms with Gasteiger partial charge in [-0.25, -0.2) is 0 Å². The molecule has 174 valence electrons. The Morgan fingerprint density at radius 1 is 0.176 bits per heavy atom. The maximum Gasteiger partial charge on any atom is 4.00 e. The fourth-order valence-corrected chi connectivity index (χ4v) is 0. The SMILES string of the molecule is [Bi+3].[Bi+3].[Bi+3].[O-]B([O-])[O-].[O-]B([O-])[O-].[O-]B([O-])[O-].[O-]B([O-])[O-].[O-]B([O-])[O-].[O-]B([O-])[O-].[O-]B([O-])[O-].[Ti+4].[Ti+4].[Ti+4]. The summed E-state index contributed by atoms with van der Waals surface area (Å²) in [6, 6.07) is 0. The quantitative estimate of drug-likeness (QED) is 0.203. The van der Waals surface area contributed by atoms with Crippen molar-refractivity contribution in [3.8, 4) is 0 Å². The molecule has 0 unspecified atom stereocenters. The second-order valence-electron chi connectivity index (χ2n) is 2.02. The zero-order chi connectivity index (χ0) is 25.0. The molecule has 0 atom stereocenters. The summed E-state index contributed by atoms with van der Waals surface area (Å²) >= 11 is 0. The molecule has 0 aliphatic heterocycles. The Kier molecular flexibility index (Phi) is 188. The van der Waals surface area contributed by atoms with Gasteiger partial charge in [-0.3, -0.25) is 51.2 Å². The second-order valence-corrected chi connectivity index (χ2v) is 2.02. The van der Waals surface area contributed by atoms with Crippen LogP contribution >= 0.6 is 0 Å². The summed E-state index contributed by atoms with van der Waals surface area (Å²) in [5, 5.41) is 177. The molecule has 0 saturated heterocycles. The van der Waals surface area contributed by atoms with Crippen molar-refractivity contribution in [2.45, 2.75) is 0 Å². The van der Waals surface area contributed by atoms with Gasteiger partial charge in [-0.2, -0.15) is 0 Å². The minimum atomic E-state index is -2.92. The molecule has 0 fully saturated rings. The van der Waals surface area contributed by atoms with Crippen molar-refractivity contribution >= 4 is 130 Å². The Hall–Kier alpha value is 4.41. The third-order valence-electron chi connectivity index (χ3n) is 0. The van der Waals surface area contributed by atoms with E-state index in [9.17, 15) is 0 Å². The van der Waals surface area contributed by atoms with Gasteiger partial charge in [-0.1, -0.05) is 0 Å². The summed E-state index contributed by atoms with van der Waals surface area (Å²) in [7, 11) is -20.4. The molecule has 0 amide bonds. The zero-order valence-corrected chi connectivity index (χ0v) is 30.6. The van der Waals surface area contributed by atoms with Crippen LogP contribution in [0.5, 0.6) is 0 Å². The van der Waals surface area contributed by atoms with Crippen LogP contribution in [0.2, 0.25) is 0 Å². The number of hydrogen-bond acceptors (Lipinski definition) is 21. The fraction of sp³-hybridized carbons (Fsp3) is 0. The van der Waals surface area contributed by atoms with E-state index in [1.807, 2.05) is 0 Å². The van der Waals surface area contributed by atoms with Crippen molar-refractivity contribution in [2.24, 2.45) is 0 Å². The first-order valence-corrected chi connectivity index (χ1v) is 4.95. The molecule has 0 aliphatic carbocycles. The van der Waals surface area contributed by atoms with E-state index in [-0.39, 0.29) is 144 Å². The molecular formula is B7Bi3O21Ti3. The van der Waals surface area contributed by atoms with Crippen LogP contribution in [0.4, 0.5) is 0 Å². The van der Waals surface area contributed by atoms with Crippen molar-refractivity contribution in [3.05, 3.63) is 0 Å². The average molecular weight is 1180 g/mol. The first kappa shape index (κ1) is 83.3. The van der Waals surface area contributed by atoms with Gasteiger partial charge in [0.15, 0.2) is 0 Å². The molecular weight excluding hydrogens is 1180 g/mol. The Morgan fingerprint density at radius 2 is 0.176 bits per heavy atom. The van der Waals surface area contributed by atoms with E-state index in [4.69, 9.17) is 106 Å². The van der Waals surface area contributed by atoms with Crippen LogP contribution in [0.15, 0.2) is 0 Å². The van der Waals surface area contributed by atoms with Crippen LogP contribution in [0.1, 0.15) is 0 Å². The van der Waals surface area contributed by atoms with Crippen LogP contribution < -0.4 is 106 Å². The molecule has 0 rings (SSSR count). The normalized spacial score (nSPS) is 5.56. The topological polar surface area (TPSA) is 484 Å². The van der Waals surface area contributed by atoms with E-state index < -0.39 is 51.2 Å². The molecule has 21 nitrogen and oxygen atoms in total. The molecule has 34 heavy (non-hydrogen) atoms. The molecule has 0 aromatic heterocycles. The molecule has 6 radical (unpaired) electrons. The van der Waals surface area contributed by atoms with Crippen LogP contribution in [0, 0.1) is 0 Å². The predicted molar refractivity (Wildman–Crippen MR) is 57.5 cm³/mol. The molecule has 34 heteroatoms. The zero-order valence-electron chi connectivity index (χ0n) is 15.5. The van der Waals surface area contributed by atoms with E-state index in [0.29, 0.717) is 0 Å². The van der Waals surface area contributed by atoms with Gasteiger partial charge in [0, 0.05) is 0 Å². The van der Waals surface area contributed by atoms with Gasteiger partial charge >= 0.3 is 144 Å². The van der Waals surface area contributed by atoms with Gasteiger partial charge in [0.25, 0.3) is 0 Å². The largest absolute Gasteiger partial charge is 4.00 e. The fourth-order valence-electron chi connectivity index (χ4n) is 0. The van der Waals surface area contributed by atoms with Crippen molar-refractivity contribution < 1.29 is 171 Å². The van der Waals surface area contributed by atoms with E-state index >= 15 is 0 Å². The summed E-state index contributed by atoms with van der Waals surface area (Å²) in [5.74, 6) is 0. The molecule has 0 heterocycles. The van der Waals surface area contributed by atoms with Gasteiger partial charge in [-0.05, 0) is 0 Å². The van der Waals surface area contributed by atoms with Crippen molar-refractivity contribution in [1.29, 1.82) is 0 Å². The summed E-state index contributed by atoms with van der Waals surface area (Å²) < 4.78 is 0.